The van der Waals surface area contributed by atoms with E-state index in [0.717, 1.165) is 34.5 Å². The van der Waals surface area contributed by atoms with Crippen LogP contribution in [0, 0.1) is 34.5 Å². The highest BCUT2D eigenvalue weighted by molar-refractivity contribution is 5.03. The lowest BCUT2D eigenvalue weighted by Gasteiger charge is -2.58. The number of hydrogen-bond donors (Lipinski definition) is 0. The summed E-state index contributed by atoms with van der Waals surface area (Å²) < 4.78 is 0. The van der Waals surface area contributed by atoms with Gasteiger partial charge in [0, 0.05) is 0 Å². The molecule has 0 unspecified atom stereocenters. The summed E-state index contributed by atoms with van der Waals surface area (Å²) >= 11 is 0. The zero-order valence-corrected chi connectivity index (χ0v) is 20.2. The van der Waals surface area contributed by atoms with E-state index in [2.05, 4.69) is 13.8 Å². The standard InChI is InChI=1S/C29H52/c1-3-5-6-7-8-17-28-18-21-29(22-19-28,23-20-28)27-15-13-26(14-16-27)25-11-9-24(4-2)10-12-25/h24-27H,3-23H2,1-2H3/t24-,25-,26?,27?,28?,29?. The van der Waals surface area contributed by atoms with Crippen molar-refractivity contribution in [2.75, 3.05) is 0 Å². The van der Waals surface area contributed by atoms with Crippen LogP contribution in [0.1, 0.15) is 149 Å². The molecule has 0 spiro atoms. The molecule has 0 amide bonds. The molecule has 5 aliphatic rings. The van der Waals surface area contributed by atoms with Gasteiger partial charge in [-0.25, -0.2) is 0 Å². The lowest BCUT2D eigenvalue weighted by Crippen LogP contribution is -2.46. The van der Waals surface area contributed by atoms with Crippen LogP contribution in [-0.2, 0) is 0 Å². The highest BCUT2D eigenvalue weighted by atomic mass is 14.6. The maximum atomic E-state index is 2.41. The molecule has 0 heteroatoms. The second-order valence-corrected chi connectivity index (χ2v) is 12.3. The second-order valence-electron chi connectivity index (χ2n) is 12.3. The minimum atomic E-state index is 0.795. The molecule has 0 aromatic rings. The van der Waals surface area contributed by atoms with Crippen molar-refractivity contribution >= 4 is 0 Å². The van der Waals surface area contributed by atoms with Crippen LogP contribution < -0.4 is 0 Å². The highest BCUT2D eigenvalue weighted by Crippen LogP contribution is 2.63. The van der Waals surface area contributed by atoms with Gasteiger partial charge in [-0.3, -0.25) is 0 Å². The Bertz CT molecular complexity index is 450. The summed E-state index contributed by atoms with van der Waals surface area (Å²) in [7, 11) is 0. The van der Waals surface area contributed by atoms with Crippen LogP contribution in [0.25, 0.3) is 0 Å². The first-order chi connectivity index (χ1) is 14.2. The average molecular weight is 401 g/mol. The molecule has 0 atom stereocenters. The molecule has 0 aromatic carbocycles. The Morgan fingerprint density at radius 3 is 1.69 bits per heavy atom. The molecule has 5 rings (SSSR count). The monoisotopic (exact) mass is 400 g/mol. The van der Waals surface area contributed by atoms with Gasteiger partial charge in [-0.1, -0.05) is 65.2 Å². The molecule has 29 heavy (non-hydrogen) atoms. The summed E-state index contributed by atoms with van der Waals surface area (Å²) in [5.41, 5.74) is 1.60. The van der Waals surface area contributed by atoms with Crippen molar-refractivity contribution in [2.24, 2.45) is 34.5 Å². The first-order valence-corrected chi connectivity index (χ1v) is 14.2. The van der Waals surface area contributed by atoms with Crippen LogP contribution in [0.15, 0.2) is 0 Å². The molecule has 0 heterocycles. The predicted molar refractivity (Wildman–Crippen MR) is 127 cm³/mol. The second kappa shape index (κ2) is 10.1. The Labute approximate surface area is 183 Å². The third-order valence-corrected chi connectivity index (χ3v) is 11.0. The Kier molecular flexibility index (Phi) is 7.72. The van der Waals surface area contributed by atoms with Crippen LogP contribution in [0.3, 0.4) is 0 Å². The Morgan fingerprint density at radius 2 is 1.14 bits per heavy atom. The summed E-state index contributed by atoms with van der Waals surface area (Å²) in [6.07, 6.45) is 32.6. The molecule has 0 aromatic heterocycles. The maximum absolute atomic E-state index is 2.41. The molecule has 0 aliphatic heterocycles. The van der Waals surface area contributed by atoms with Gasteiger partial charge in [0.25, 0.3) is 0 Å². The van der Waals surface area contributed by atoms with Crippen molar-refractivity contribution < 1.29 is 0 Å². The quantitative estimate of drug-likeness (QED) is 0.338. The van der Waals surface area contributed by atoms with Gasteiger partial charge < -0.3 is 0 Å². The predicted octanol–water partition coefficient (Wildman–Crippen LogP) is 9.71. The minimum Gasteiger partial charge on any atom is -0.0654 e. The summed E-state index contributed by atoms with van der Waals surface area (Å²) in [5, 5.41) is 0. The lowest BCUT2D eigenvalue weighted by molar-refractivity contribution is -0.0680. The van der Waals surface area contributed by atoms with Crippen molar-refractivity contribution in [1.82, 2.24) is 0 Å². The summed E-state index contributed by atoms with van der Waals surface area (Å²) in [6.45, 7) is 4.75. The van der Waals surface area contributed by atoms with Crippen molar-refractivity contribution in [3.8, 4) is 0 Å². The average Bonchev–Trinajstić information content (AvgIpc) is 2.80. The number of hydrogen-bond acceptors (Lipinski definition) is 0. The van der Waals surface area contributed by atoms with E-state index in [1.807, 2.05) is 0 Å². The van der Waals surface area contributed by atoms with E-state index < -0.39 is 0 Å². The molecule has 5 saturated carbocycles. The van der Waals surface area contributed by atoms with Gasteiger partial charge in [-0.05, 0) is 118 Å². The van der Waals surface area contributed by atoms with E-state index in [1.165, 1.54) is 38.5 Å². The molecular weight excluding hydrogens is 348 g/mol. The van der Waals surface area contributed by atoms with Crippen LogP contribution in [0.5, 0.6) is 0 Å². The topological polar surface area (TPSA) is 0 Å². The van der Waals surface area contributed by atoms with Crippen molar-refractivity contribution in [1.29, 1.82) is 0 Å². The van der Waals surface area contributed by atoms with Crippen molar-refractivity contribution in [3.63, 3.8) is 0 Å². The minimum absolute atomic E-state index is 0.795. The fourth-order valence-electron chi connectivity index (χ4n) is 8.65. The fourth-order valence-corrected chi connectivity index (χ4v) is 8.65. The number of unbranched alkanes of at least 4 members (excludes halogenated alkanes) is 4. The fraction of sp³-hybridized carbons (Fsp3) is 1.00. The van der Waals surface area contributed by atoms with Crippen molar-refractivity contribution in [3.05, 3.63) is 0 Å². The molecular formula is C29H52. The van der Waals surface area contributed by atoms with E-state index in [9.17, 15) is 0 Å². The van der Waals surface area contributed by atoms with E-state index in [-0.39, 0.29) is 0 Å². The molecule has 0 nitrogen and oxygen atoms in total. The summed E-state index contributed by atoms with van der Waals surface area (Å²) in [4.78, 5) is 0. The number of fused-ring (bicyclic) bond motifs is 3. The molecule has 5 aliphatic carbocycles. The van der Waals surface area contributed by atoms with Crippen LogP contribution in [-0.4, -0.2) is 0 Å². The largest absolute Gasteiger partial charge is 0.0654 e. The molecule has 5 fully saturated rings. The zero-order valence-electron chi connectivity index (χ0n) is 20.2. The molecule has 0 saturated heterocycles. The van der Waals surface area contributed by atoms with Gasteiger partial charge in [0.05, 0.1) is 0 Å². The van der Waals surface area contributed by atoms with Gasteiger partial charge in [0.2, 0.25) is 0 Å². The van der Waals surface area contributed by atoms with E-state index in [0.29, 0.717) is 0 Å². The Morgan fingerprint density at radius 1 is 0.586 bits per heavy atom. The number of rotatable bonds is 9. The Hall–Kier alpha value is 0. The zero-order chi connectivity index (χ0) is 20.2. The van der Waals surface area contributed by atoms with Crippen LogP contribution in [0.2, 0.25) is 0 Å². The summed E-state index contributed by atoms with van der Waals surface area (Å²) in [5.74, 6) is 4.38. The maximum Gasteiger partial charge on any atom is -0.0269 e. The van der Waals surface area contributed by atoms with E-state index in [4.69, 9.17) is 0 Å². The van der Waals surface area contributed by atoms with Gasteiger partial charge >= 0.3 is 0 Å². The lowest BCUT2D eigenvalue weighted by atomic mass is 9.47. The SMILES string of the molecule is CCCCCCCC12CCC(C3CCC([C@H]4CC[C@H](CC)CC4)CC3)(CC1)CC2. The van der Waals surface area contributed by atoms with Crippen molar-refractivity contribution in [2.45, 2.75) is 149 Å². The molecule has 0 N–H and O–H groups in total. The van der Waals surface area contributed by atoms with Crippen LogP contribution >= 0.6 is 0 Å². The van der Waals surface area contributed by atoms with Crippen LogP contribution in [0.4, 0.5) is 0 Å². The summed E-state index contributed by atoms with van der Waals surface area (Å²) in [6, 6.07) is 0. The Balaban J connectivity index is 1.21. The van der Waals surface area contributed by atoms with Gasteiger partial charge in [0.15, 0.2) is 0 Å². The first kappa shape index (κ1) is 22.2. The molecule has 168 valence electrons. The van der Waals surface area contributed by atoms with Gasteiger partial charge in [-0.2, -0.15) is 0 Å². The molecule has 0 radical (unpaired) electrons. The third-order valence-electron chi connectivity index (χ3n) is 11.0. The normalized spacial score (nSPS) is 42.8. The smallest absolute Gasteiger partial charge is 0.0269 e. The highest BCUT2D eigenvalue weighted by Gasteiger charge is 2.51. The van der Waals surface area contributed by atoms with E-state index in [1.54, 1.807) is 96.3 Å². The van der Waals surface area contributed by atoms with E-state index >= 15 is 0 Å². The van der Waals surface area contributed by atoms with Gasteiger partial charge in [-0.15, -0.1) is 0 Å². The third kappa shape index (κ3) is 5.09. The molecule has 2 bridgehead atoms. The first-order valence-electron chi connectivity index (χ1n) is 14.2. The van der Waals surface area contributed by atoms with Gasteiger partial charge in [0.1, 0.15) is 0 Å².